The van der Waals surface area contributed by atoms with Crippen LogP contribution in [0.15, 0.2) is 18.2 Å². The molecule has 0 aliphatic carbocycles. The zero-order valence-corrected chi connectivity index (χ0v) is 9.14. The Labute approximate surface area is 89.1 Å². The van der Waals surface area contributed by atoms with Gasteiger partial charge in [-0.3, -0.25) is 4.79 Å². The summed E-state index contributed by atoms with van der Waals surface area (Å²) in [6, 6.07) is 5.50. The van der Waals surface area contributed by atoms with E-state index in [0.29, 0.717) is 12.1 Å². The normalized spacial score (nSPS) is 12.6. The number of carbonyl (C=O) groups excluding carboxylic acids is 1. The minimum atomic E-state index is -0.483. The minimum Gasteiger partial charge on any atom is -0.326 e. The van der Waals surface area contributed by atoms with Gasteiger partial charge in [0.2, 0.25) is 0 Å². The van der Waals surface area contributed by atoms with Gasteiger partial charge >= 0.3 is 0 Å². The second-order valence-corrected chi connectivity index (χ2v) is 3.98. The molecule has 14 heavy (non-hydrogen) atoms. The molecule has 0 radical (unpaired) electrons. The average Bonchev–Trinajstić information content (AvgIpc) is 2.17. The Hall–Kier alpha value is -0.860. The van der Waals surface area contributed by atoms with Gasteiger partial charge in [0.25, 0.3) is 0 Å². The number of hydrogen-bond donors (Lipinski definition) is 1. The zero-order chi connectivity index (χ0) is 10.7. The van der Waals surface area contributed by atoms with Crippen LogP contribution < -0.4 is 5.73 Å². The predicted octanol–water partition coefficient (Wildman–Crippen LogP) is 2.26. The van der Waals surface area contributed by atoms with Crippen molar-refractivity contribution in [2.75, 3.05) is 0 Å². The van der Waals surface area contributed by atoms with Crippen LogP contribution in [0.3, 0.4) is 0 Å². The Morgan fingerprint density at radius 2 is 2.21 bits per heavy atom. The fourth-order valence-electron chi connectivity index (χ4n) is 1.27. The lowest BCUT2D eigenvalue weighted by molar-refractivity contribution is 0.0991. The maximum atomic E-state index is 11.6. The highest BCUT2D eigenvalue weighted by Gasteiger charge is 2.12. The van der Waals surface area contributed by atoms with E-state index in [0.717, 1.165) is 11.1 Å². The third kappa shape index (κ3) is 2.34. The van der Waals surface area contributed by atoms with E-state index in [2.05, 4.69) is 0 Å². The summed E-state index contributed by atoms with van der Waals surface area (Å²) in [5, 5.41) is -0.483. The summed E-state index contributed by atoms with van der Waals surface area (Å²) >= 11 is 5.72. The number of nitrogens with two attached hydrogens (primary N) is 1. The molecule has 0 aromatic heterocycles. The molecule has 1 rings (SSSR count). The molecule has 0 aliphatic heterocycles. The number of ketones is 1. The van der Waals surface area contributed by atoms with E-state index in [-0.39, 0.29) is 5.78 Å². The smallest absolute Gasteiger partial charge is 0.180 e. The molecular weight excluding hydrogens is 198 g/mol. The van der Waals surface area contributed by atoms with Crippen LogP contribution >= 0.6 is 11.6 Å². The summed E-state index contributed by atoms with van der Waals surface area (Å²) in [5.41, 5.74) is 8.29. The van der Waals surface area contributed by atoms with Gasteiger partial charge in [-0.25, -0.2) is 0 Å². The van der Waals surface area contributed by atoms with Gasteiger partial charge in [-0.05, 0) is 31.0 Å². The lowest BCUT2D eigenvalue weighted by Crippen LogP contribution is -2.11. The average molecular weight is 212 g/mol. The van der Waals surface area contributed by atoms with Crippen molar-refractivity contribution in [2.24, 2.45) is 5.73 Å². The summed E-state index contributed by atoms with van der Waals surface area (Å²) in [6.07, 6.45) is 0. The molecular formula is C11H14ClNO. The third-order valence-corrected chi connectivity index (χ3v) is 2.41. The molecule has 2 nitrogen and oxygen atoms in total. The number of rotatable bonds is 3. The van der Waals surface area contributed by atoms with Gasteiger partial charge in [-0.15, -0.1) is 11.6 Å². The molecule has 3 heteroatoms. The standard InChI is InChI=1S/C11H14ClNO/c1-7-3-4-9(5-10(7)6-13)11(14)8(2)12/h3-5,8H,6,13H2,1-2H3. The van der Waals surface area contributed by atoms with Gasteiger partial charge in [0.05, 0.1) is 5.38 Å². The van der Waals surface area contributed by atoms with E-state index in [1.807, 2.05) is 19.1 Å². The number of carbonyl (C=O) groups is 1. The number of halogens is 1. The van der Waals surface area contributed by atoms with Crippen LogP contribution in [-0.4, -0.2) is 11.2 Å². The van der Waals surface area contributed by atoms with E-state index in [1.54, 1.807) is 13.0 Å². The van der Waals surface area contributed by atoms with Crippen LogP contribution in [-0.2, 0) is 6.54 Å². The molecule has 0 fully saturated rings. The van der Waals surface area contributed by atoms with Crippen LogP contribution in [0.2, 0.25) is 0 Å². The molecule has 0 spiro atoms. The Morgan fingerprint density at radius 1 is 1.57 bits per heavy atom. The van der Waals surface area contributed by atoms with Gasteiger partial charge in [0, 0.05) is 12.1 Å². The summed E-state index contributed by atoms with van der Waals surface area (Å²) in [7, 11) is 0. The molecule has 1 aromatic carbocycles. The van der Waals surface area contributed by atoms with Crippen LogP contribution in [0.4, 0.5) is 0 Å². The van der Waals surface area contributed by atoms with Gasteiger partial charge in [-0.1, -0.05) is 12.1 Å². The molecule has 1 aromatic rings. The molecule has 0 saturated heterocycles. The molecule has 0 saturated carbocycles. The number of hydrogen-bond acceptors (Lipinski definition) is 2. The van der Waals surface area contributed by atoms with Crippen molar-refractivity contribution in [1.82, 2.24) is 0 Å². The van der Waals surface area contributed by atoms with Crippen molar-refractivity contribution in [2.45, 2.75) is 25.8 Å². The highest BCUT2D eigenvalue weighted by atomic mass is 35.5. The van der Waals surface area contributed by atoms with Crippen LogP contribution in [0.1, 0.15) is 28.4 Å². The Morgan fingerprint density at radius 3 is 2.71 bits per heavy atom. The Kier molecular flexibility index (Phi) is 3.67. The predicted molar refractivity (Wildman–Crippen MR) is 58.7 cm³/mol. The van der Waals surface area contributed by atoms with E-state index >= 15 is 0 Å². The summed E-state index contributed by atoms with van der Waals surface area (Å²) in [4.78, 5) is 11.6. The van der Waals surface area contributed by atoms with Crippen molar-refractivity contribution in [3.8, 4) is 0 Å². The first-order valence-electron chi connectivity index (χ1n) is 4.54. The van der Waals surface area contributed by atoms with Crippen molar-refractivity contribution < 1.29 is 4.79 Å². The van der Waals surface area contributed by atoms with Gasteiger partial charge < -0.3 is 5.73 Å². The van der Waals surface area contributed by atoms with Crippen LogP contribution in [0.25, 0.3) is 0 Å². The maximum absolute atomic E-state index is 11.6. The monoisotopic (exact) mass is 211 g/mol. The molecule has 0 bridgehead atoms. The summed E-state index contributed by atoms with van der Waals surface area (Å²) in [6.45, 7) is 4.09. The molecule has 2 N–H and O–H groups in total. The van der Waals surface area contributed by atoms with E-state index in [1.165, 1.54) is 0 Å². The second-order valence-electron chi connectivity index (χ2n) is 3.33. The summed E-state index contributed by atoms with van der Waals surface area (Å²) < 4.78 is 0. The molecule has 0 amide bonds. The largest absolute Gasteiger partial charge is 0.326 e. The SMILES string of the molecule is Cc1ccc(C(=O)C(C)Cl)cc1CN. The van der Waals surface area contributed by atoms with Crippen LogP contribution in [0, 0.1) is 6.92 Å². The third-order valence-electron chi connectivity index (χ3n) is 2.21. The van der Waals surface area contributed by atoms with Gasteiger partial charge in [0.1, 0.15) is 0 Å². The minimum absolute atomic E-state index is 0.0543. The van der Waals surface area contributed by atoms with Crippen molar-refractivity contribution >= 4 is 17.4 Å². The van der Waals surface area contributed by atoms with E-state index < -0.39 is 5.38 Å². The molecule has 0 aliphatic rings. The lowest BCUT2D eigenvalue weighted by atomic mass is 10.0. The second kappa shape index (κ2) is 4.58. The van der Waals surface area contributed by atoms with Gasteiger partial charge in [0.15, 0.2) is 5.78 Å². The quantitative estimate of drug-likeness (QED) is 0.616. The zero-order valence-electron chi connectivity index (χ0n) is 8.38. The molecule has 76 valence electrons. The van der Waals surface area contributed by atoms with Crippen molar-refractivity contribution in [3.63, 3.8) is 0 Å². The molecule has 0 heterocycles. The lowest BCUT2D eigenvalue weighted by Gasteiger charge is -2.07. The number of aryl methyl sites for hydroxylation is 1. The van der Waals surface area contributed by atoms with E-state index in [4.69, 9.17) is 17.3 Å². The van der Waals surface area contributed by atoms with Crippen molar-refractivity contribution in [1.29, 1.82) is 0 Å². The number of alkyl halides is 1. The molecule has 1 atom stereocenters. The fourth-order valence-corrected chi connectivity index (χ4v) is 1.40. The highest BCUT2D eigenvalue weighted by Crippen LogP contribution is 2.14. The first-order chi connectivity index (χ1) is 6.56. The van der Waals surface area contributed by atoms with E-state index in [9.17, 15) is 4.79 Å². The van der Waals surface area contributed by atoms with Crippen LogP contribution in [0.5, 0.6) is 0 Å². The number of benzene rings is 1. The first kappa shape index (κ1) is 11.2. The van der Waals surface area contributed by atoms with Crippen molar-refractivity contribution in [3.05, 3.63) is 34.9 Å². The topological polar surface area (TPSA) is 43.1 Å². The van der Waals surface area contributed by atoms with Gasteiger partial charge in [-0.2, -0.15) is 0 Å². The Bertz CT molecular complexity index is 347. The first-order valence-corrected chi connectivity index (χ1v) is 4.97. The number of Topliss-reactive ketones (excluding diaryl/α,β-unsaturated/α-hetero) is 1. The highest BCUT2D eigenvalue weighted by molar-refractivity contribution is 6.33. The molecule has 1 unspecified atom stereocenters. The summed E-state index contributed by atoms with van der Waals surface area (Å²) in [5.74, 6) is -0.0543. The maximum Gasteiger partial charge on any atom is 0.180 e. The fraction of sp³-hybridized carbons (Fsp3) is 0.364. The Balaban J connectivity index is 3.06.